The molecule has 42 heavy (non-hydrogen) atoms. The van der Waals surface area contributed by atoms with Crippen LogP contribution in [0.15, 0.2) is 42.5 Å². The summed E-state index contributed by atoms with van der Waals surface area (Å²) in [6.07, 6.45) is -1.23. The van der Waals surface area contributed by atoms with Crippen LogP contribution >= 0.6 is 24.8 Å². The number of unbranched alkanes of at least 4 members (excludes halogenated alkanes) is 1. The Bertz CT molecular complexity index is 1330. The fourth-order valence-electron chi connectivity index (χ4n) is 5.12. The highest BCUT2D eigenvalue weighted by Gasteiger charge is 2.31. The number of aryl methyl sites for hydroxylation is 1. The van der Waals surface area contributed by atoms with Crippen LogP contribution in [0.5, 0.6) is 0 Å². The fourth-order valence-corrected chi connectivity index (χ4v) is 5.12. The molecular formula is C29H36Cl2F5N5O. The molecule has 232 valence electrons. The third kappa shape index (κ3) is 8.35. The Morgan fingerprint density at radius 3 is 2.26 bits per heavy atom. The number of urea groups is 1. The van der Waals surface area contributed by atoms with Crippen molar-refractivity contribution in [2.45, 2.75) is 65.2 Å². The first kappa shape index (κ1) is 35.3. The quantitative estimate of drug-likeness (QED) is 0.256. The van der Waals surface area contributed by atoms with Gasteiger partial charge in [0.15, 0.2) is 0 Å². The first-order chi connectivity index (χ1) is 19.0. The number of piperidine rings is 1. The van der Waals surface area contributed by atoms with Crippen LogP contribution in [-0.2, 0) is 12.7 Å². The van der Waals surface area contributed by atoms with Gasteiger partial charge in [0.25, 0.3) is 0 Å². The molecule has 1 aliphatic rings. The van der Waals surface area contributed by atoms with Crippen molar-refractivity contribution >= 4 is 36.5 Å². The van der Waals surface area contributed by atoms with Gasteiger partial charge in [0.1, 0.15) is 11.6 Å². The summed E-state index contributed by atoms with van der Waals surface area (Å²) in [5.41, 5.74) is 2.50. The van der Waals surface area contributed by atoms with Gasteiger partial charge < -0.3 is 10.2 Å². The monoisotopic (exact) mass is 635 g/mol. The van der Waals surface area contributed by atoms with E-state index in [1.165, 1.54) is 18.2 Å². The Kier molecular flexibility index (Phi) is 12.6. The highest BCUT2D eigenvalue weighted by atomic mass is 35.5. The molecular weight excluding hydrogens is 600 g/mol. The number of carbonyl (C=O) groups is 1. The molecule has 1 N–H and O–H groups in total. The number of alkyl halides is 3. The van der Waals surface area contributed by atoms with Gasteiger partial charge in [0, 0.05) is 49.5 Å². The molecule has 0 bridgehead atoms. The van der Waals surface area contributed by atoms with Crippen LogP contribution in [0, 0.1) is 25.5 Å². The fraction of sp³-hybridized carbons (Fsp3) is 0.448. The summed E-state index contributed by atoms with van der Waals surface area (Å²) in [5, 5.41) is 7.18. The van der Waals surface area contributed by atoms with E-state index in [1.807, 2.05) is 20.8 Å². The maximum atomic E-state index is 14.1. The molecule has 0 atom stereocenters. The van der Waals surface area contributed by atoms with Gasteiger partial charge in [-0.2, -0.15) is 18.3 Å². The van der Waals surface area contributed by atoms with Crippen LogP contribution in [0.2, 0.25) is 0 Å². The van der Waals surface area contributed by atoms with Gasteiger partial charge >= 0.3 is 12.2 Å². The smallest absolute Gasteiger partial charge is 0.321 e. The van der Waals surface area contributed by atoms with E-state index in [4.69, 9.17) is 0 Å². The zero-order valence-electron chi connectivity index (χ0n) is 23.7. The normalized spacial score (nSPS) is 14.2. The highest BCUT2D eigenvalue weighted by molar-refractivity contribution is 5.89. The van der Waals surface area contributed by atoms with E-state index in [0.29, 0.717) is 18.8 Å². The van der Waals surface area contributed by atoms with E-state index >= 15 is 0 Å². The molecule has 2 heterocycles. The average Bonchev–Trinajstić information content (AvgIpc) is 3.19. The van der Waals surface area contributed by atoms with Gasteiger partial charge in [0.05, 0.1) is 22.6 Å². The second-order valence-electron chi connectivity index (χ2n) is 10.2. The summed E-state index contributed by atoms with van der Waals surface area (Å²) < 4.78 is 68.0. The molecule has 0 aliphatic carbocycles. The lowest BCUT2D eigenvalue weighted by Gasteiger charge is -2.38. The SMILES string of the molecule is CCCCN(C(=O)Nc1ccc(F)cc1F)C1CCN(Cc2c(C)nn(-c3ccc(C(F)(F)F)cc3)c2C)CC1.Cl.Cl. The third-order valence-electron chi connectivity index (χ3n) is 7.45. The van der Waals surface area contributed by atoms with E-state index in [9.17, 15) is 26.7 Å². The van der Waals surface area contributed by atoms with Gasteiger partial charge in [-0.3, -0.25) is 4.90 Å². The van der Waals surface area contributed by atoms with Gasteiger partial charge in [-0.1, -0.05) is 13.3 Å². The van der Waals surface area contributed by atoms with Gasteiger partial charge in [-0.25, -0.2) is 18.3 Å². The number of anilines is 1. The minimum Gasteiger partial charge on any atom is -0.321 e. The molecule has 0 unspecified atom stereocenters. The molecule has 2 aromatic carbocycles. The lowest BCUT2D eigenvalue weighted by Crippen LogP contribution is -2.49. The Balaban J connectivity index is 0.00000308. The number of halogens is 7. The van der Waals surface area contributed by atoms with E-state index < -0.39 is 29.4 Å². The van der Waals surface area contributed by atoms with Crippen molar-refractivity contribution in [1.82, 2.24) is 19.6 Å². The van der Waals surface area contributed by atoms with Crippen molar-refractivity contribution in [3.8, 4) is 5.69 Å². The first-order valence-corrected chi connectivity index (χ1v) is 13.5. The summed E-state index contributed by atoms with van der Waals surface area (Å²) in [6, 6.07) is 7.61. The maximum Gasteiger partial charge on any atom is 0.416 e. The van der Waals surface area contributed by atoms with Crippen LogP contribution in [0.3, 0.4) is 0 Å². The second-order valence-corrected chi connectivity index (χ2v) is 10.2. The Labute approximate surface area is 255 Å². The summed E-state index contributed by atoms with van der Waals surface area (Å²) in [4.78, 5) is 17.1. The van der Waals surface area contributed by atoms with Crippen molar-refractivity contribution < 1.29 is 26.7 Å². The largest absolute Gasteiger partial charge is 0.416 e. The number of benzene rings is 2. The first-order valence-electron chi connectivity index (χ1n) is 13.5. The van der Waals surface area contributed by atoms with Crippen molar-refractivity contribution in [2.75, 3.05) is 25.0 Å². The summed E-state index contributed by atoms with van der Waals surface area (Å²) >= 11 is 0. The van der Waals surface area contributed by atoms with Crippen molar-refractivity contribution in [2.24, 2.45) is 0 Å². The number of nitrogens with one attached hydrogen (secondary N) is 1. The molecule has 0 radical (unpaired) electrons. The van der Waals surface area contributed by atoms with Crippen molar-refractivity contribution in [3.63, 3.8) is 0 Å². The molecule has 1 aromatic heterocycles. The number of hydrogen-bond donors (Lipinski definition) is 1. The number of hydrogen-bond acceptors (Lipinski definition) is 3. The summed E-state index contributed by atoms with van der Waals surface area (Å²) in [5.74, 6) is -1.53. The Hall–Kier alpha value is -2.89. The number of aromatic nitrogens is 2. The van der Waals surface area contributed by atoms with Crippen LogP contribution in [0.1, 0.15) is 55.1 Å². The number of amides is 2. The predicted molar refractivity (Wildman–Crippen MR) is 158 cm³/mol. The van der Waals surface area contributed by atoms with Crippen LogP contribution in [0.25, 0.3) is 5.69 Å². The minimum absolute atomic E-state index is 0. The molecule has 6 nitrogen and oxygen atoms in total. The lowest BCUT2D eigenvalue weighted by atomic mass is 10.0. The molecule has 3 aromatic rings. The van der Waals surface area contributed by atoms with E-state index in [-0.39, 0.29) is 36.5 Å². The van der Waals surface area contributed by atoms with Crippen LogP contribution in [-0.4, -0.2) is 51.3 Å². The van der Waals surface area contributed by atoms with E-state index in [2.05, 4.69) is 15.3 Å². The zero-order chi connectivity index (χ0) is 29.0. The molecule has 4 rings (SSSR count). The summed E-state index contributed by atoms with van der Waals surface area (Å²) in [6.45, 7) is 8.46. The zero-order valence-corrected chi connectivity index (χ0v) is 25.3. The third-order valence-corrected chi connectivity index (χ3v) is 7.45. The molecule has 13 heteroatoms. The Morgan fingerprint density at radius 1 is 1.05 bits per heavy atom. The van der Waals surface area contributed by atoms with Gasteiger partial charge in [-0.15, -0.1) is 24.8 Å². The number of carbonyl (C=O) groups excluding carboxylic acids is 1. The van der Waals surface area contributed by atoms with Crippen molar-refractivity contribution in [3.05, 3.63) is 76.6 Å². The van der Waals surface area contributed by atoms with Gasteiger partial charge in [-0.05, 0) is 69.5 Å². The maximum absolute atomic E-state index is 14.1. The highest BCUT2D eigenvalue weighted by Crippen LogP contribution is 2.30. The topological polar surface area (TPSA) is 53.4 Å². The number of rotatable bonds is 8. The Morgan fingerprint density at radius 2 is 1.69 bits per heavy atom. The molecule has 0 spiro atoms. The molecule has 1 aliphatic heterocycles. The molecule has 1 fully saturated rings. The minimum atomic E-state index is -4.39. The molecule has 2 amide bonds. The number of nitrogens with zero attached hydrogens (tertiary/aromatic N) is 4. The van der Waals surface area contributed by atoms with Gasteiger partial charge in [0.2, 0.25) is 0 Å². The van der Waals surface area contributed by atoms with E-state index in [1.54, 1.807) is 9.58 Å². The van der Waals surface area contributed by atoms with E-state index in [0.717, 1.165) is 80.0 Å². The summed E-state index contributed by atoms with van der Waals surface area (Å²) in [7, 11) is 0. The van der Waals surface area contributed by atoms with Crippen LogP contribution in [0.4, 0.5) is 32.4 Å². The predicted octanol–water partition coefficient (Wildman–Crippen LogP) is 7.93. The van der Waals surface area contributed by atoms with Crippen LogP contribution < -0.4 is 5.32 Å². The number of likely N-dealkylation sites (tertiary alicyclic amines) is 1. The lowest BCUT2D eigenvalue weighted by molar-refractivity contribution is -0.137. The van der Waals surface area contributed by atoms with Crippen molar-refractivity contribution in [1.29, 1.82) is 0 Å². The average molecular weight is 637 g/mol. The second kappa shape index (κ2) is 15.0. The molecule has 1 saturated heterocycles. The standard InChI is InChI=1S/C29H34F5N5O.2ClH/c1-4-5-14-38(28(40)35-27-11-8-22(30)17-26(27)31)23-12-15-37(16-13-23)18-25-19(2)36-39(20(25)3)24-9-6-21(7-10-24)29(32,33)34;;/h6-11,17,23H,4-5,12-16,18H2,1-3H3,(H,35,40);2*1H. The molecule has 0 saturated carbocycles.